The van der Waals surface area contributed by atoms with Crippen molar-refractivity contribution in [1.29, 1.82) is 0 Å². The highest BCUT2D eigenvalue weighted by atomic mass is 35.5. The second kappa shape index (κ2) is 4.28. The number of hydrogen-bond donors (Lipinski definition) is 1. The molecule has 1 rings (SSSR count). The molecule has 0 saturated carbocycles. The lowest BCUT2D eigenvalue weighted by Gasteiger charge is -2.02. The molecule has 0 unspecified atom stereocenters. The molecular weight excluding hydrogens is 189 g/mol. The minimum atomic E-state index is -0.386. The first-order chi connectivity index (χ1) is 6.15. The van der Waals surface area contributed by atoms with Crippen molar-refractivity contribution in [3.05, 3.63) is 40.3 Å². The van der Waals surface area contributed by atoms with E-state index >= 15 is 0 Å². The van der Waals surface area contributed by atoms with Crippen molar-refractivity contribution >= 4 is 17.7 Å². The van der Waals surface area contributed by atoms with E-state index in [1.807, 2.05) is 6.92 Å². The van der Waals surface area contributed by atoms with E-state index in [-0.39, 0.29) is 10.8 Å². The summed E-state index contributed by atoms with van der Waals surface area (Å²) in [6, 6.07) is 3.04. The van der Waals surface area contributed by atoms with Crippen LogP contribution in [0.15, 0.2) is 18.3 Å². The van der Waals surface area contributed by atoms with Crippen molar-refractivity contribution < 1.29 is 4.39 Å². The molecule has 0 bridgehead atoms. The summed E-state index contributed by atoms with van der Waals surface area (Å²) >= 11 is 5.61. The Balaban J connectivity index is 3.08. The summed E-state index contributed by atoms with van der Waals surface area (Å²) in [5, 5.41) is 3.01. The van der Waals surface area contributed by atoms with Gasteiger partial charge >= 0.3 is 0 Å². The van der Waals surface area contributed by atoms with E-state index in [0.717, 1.165) is 11.1 Å². The second-order valence-corrected chi connectivity index (χ2v) is 3.15. The van der Waals surface area contributed by atoms with Crippen molar-refractivity contribution in [1.82, 2.24) is 5.32 Å². The van der Waals surface area contributed by atoms with Gasteiger partial charge in [0.25, 0.3) is 0 Å². The SMILES string of the molecule is CN/C=C/c1cc(F)c(Cl)cc1C. The molecular formula is C10H11ClFN. The van der Waals surface area contributed by atoms with Gasteiger partial charge in [-0.2, -0.15) is 0 Å². The molecule has 1 aromatic rings. The van der Waals surface area contributed by atoms with Gasteiger partial charge in [-0.25, -0.2) is 4.39 Å². The molecule has 0 amide bonds. The predicted octanol–water partition coefficient (Wildman–Crippen LogP) is 2.98. The largest absolute Gasteiger partial charge is 0.394 e. The Morgan fingerprint density at radius 1 is 1.46 bits per heavy atom. The minimum Gasteiger partial charge on any atom is -0.394 e. The van der Waals surface area contributed by atoms with E-state index in [0.29, 0.717) is 0 Å². The van der Waals surface area contributed by atoms with Crippen molar-refractivity contribution in [3.63, 3.8) is 0 Å². The van der Waals surface area contributed by atoms with Crippen LogP contribution < -0.4 is 5.32 Å². The predicted molar refractivity (Wildman–Crippen MR) is 54.2 cm³/mol. The Kier molecular flexibility index (Phi) is 3.32. The molecule has 3 heteroatoms. The van der Waals surface area contributed by atoms with Crippen LogP contribution in [0.4, 0.5) is 4.39 Å². The lowest BCUT2D eigenvalue weighted by atomic mass is 10.1. The minimum absolute atomic E-state index is 0.166. The molecule has 0 aliphatic carbocycles. The zero-order valence-electron chi connectivity index (χ0n) is 7.57. The van der Waals surface area contributed by atoms with E-state index in [4.69, 9.17) is 11.6 Å². The molecule has 0 spiro atoms. The summed E-state index contributed by atoms with van der Waals surface area (Å²) in [5.74, 6) is -0.386. The van der Waals surface area contributed by atoms with Gasteiger partial charge in [0.2, 0.25) is 0 Å². The molecule has 0 radical (unpaired) electrons. The number of rotatable bonds is 2. The van der Waals surface area contributed by atoms with E-state index in [2.05, 4.69) is 5.32 Å². The number of hydrogen-bond acceptors (Lipinski definition) is 1. The summed E-state index contributed by atoms with van der Waals surface area (Å²) in [5.41, 5.74) is 1.79. The van der Waals surface area contributed by atoms with Gasteiger partial charge < -0.3 is 5.32 Å². The highest BCUT2D eigenvalue weighted by molar-refractivity contribution is 6.30. The lowest BCUT2D eigenvalue weighted by molar-refractivity contribution is 0.627. The molecule has 0 aliphatic heterocycles. The average molecular weight is 200 g/mol. The monoisotopic (exact) mass is 199 g/mol. The molecule has 1 nitrogen and oxygen atoms in total. The highest BCUT2D eigenvalue weighted by Gasteiger charge is 2.02. The zero-order chi connectivity index (χ0) is 9.84. The molecule has 0 fully saturated rings. The van der Waals surface area contributed by atoms with Crippen LogP contribution in [0.25, 0.3) is 6.08 Å². The normalized spacial score (nSPS) is 10.8. The van der Waals surface area contributed by atoms with Crippen molar-refractivity contribution in [2.24, 2.45) is 0 Å². The number of nitrogens with one attached hydrogen (secondary N) is 1. The van der Waals surface area contributed by atoms with Gasteiger partial charge in [0.15, 0.2) is 0 Å². The molecule has 1 N–H and O–H groups in total. The standard InChI is InChI=1S/C10H11ClFN/c1-7-5-9(11)10(12)6-8(7)3-4-13-2/h3-6,13H,1-2H3/b4-3+. The number of aryl methyl sites for hydroxylation is 1. The Morgan fingerprint density at radius 2 is 2.15 bits per heavy atom. The van der Waals surface area contributed by atoms with Crippen LogP contribution >= 0.6 is 11.6 Å². The first kappa shape index (κ1) is 10.1. The molecule has 0 aromatic heterocycles. The maximum Gasteiger partial charge on any atom is 0.142 e. The smallest absolute Gasteiger partial charge is 0.142 e. The van der Waals surface area contributed by atoms with E-state index in [1.54, 1.807) is 25.4 Å². The van der Waals surface area contributed by atoms with Gasteiger partial charge in [0.1, 0.15) is 5.82 Å². The molecule has 0 heterocycles. The highest BCUT2D eigenvalue weighted by Crippen LogP contribution is 2.20. The molecule has 0 atom stereocenters. The maximum atomic E-state index is 13.0. The van der Waals surface area contributed by atoms with Crippen LogP contribution in [0.2, 0.25) is 5.02 Å². The van der Waals surface area contributed by atoms with Gasteiger partial charge in [-0.1, -0.05) is 11.6 Å². The summed E-state index contributed by atoms with van der Waals surface area (Å²) in [7, 11) is 1.79. The second-order valence-electron chi connectivity index (χ2n) is 2.74. The van der Waals surface area contributed by atoms with Crippen LogP contribution in [0.1, 0.15) is 11.1 Å². The fourth-order valence-corrected chi connectivity index (χ4v) is 1.23. The van der Waals surface area contributed by atoms with Gasteiger partial charge in [0, 0.05) is 7.05 Å². The summed E-state index contributed by atoms with van der Waals surface area (Å²) in [6.45, 7) is 1.89. The van der Waals surface area contributed by atoms with Crippen LogP contribution in [0.5, 0.6) is 0 Å². The molecule has 0 saturated heterocycles. The van der Waals surface area contributed by atoms with Crippen molar-refractivity contribution in [2.45, 2.75) is 6.92 Å². The van der Waals surface area contributed by atoms with Crippen LogP contribution in [0, 0.1) is 12.7 Å². The first-order valence-electron chi connectivity index (χ1n) is 3.94. The lowest BCUT2D eigenvalue weighted by Crippen LogP contribution is -1.92. The molecule has 0 aliphatic rings. The van der Waals surface area contributed by atoms with Crippen molar-refractivity contribution in [2.75, 3.05) is 7.05 Å². The van der Waals surface area contributed by atoms with Crippen molar-refractivity contribution in [3.8, 4) is 0 Å². The van der Waals surface area contributed by atoms with E-state index in [1.165, 1.54) is 6.07 Å². The Hall–Kier alpha value is -1.02. The van der Waals surface area contributed by atoms with Gasteiger partial charge in [-0.05, 0) is 42.5 Å². The summed E-state index contributed by atoms with van der Waals surface area (Å²) in [6.07, 6.45) is 3.55. The Labute approximate surface area is 82.2 Å². The number of benzene rings is 1. The topological polar surface area (TPSA) is 12.0 Å². The quantitative estimate of drug-likeness (QED) is 0.772. The maximum absolute atomic E-state index is 13.0. The Bertz CT molecular complexity index is 334. The third kappa shape index (κ3) is 2.46. The van der Waals surface area contributed by atoms with E-state index < -0.39 is 0 Å². The third-order valence-corrected chi connectivity index (χ3v) is 2.03. The van der Waals surface area contributed by atoms with Gasteiger partial charge in [-0.15, -0.1) is 0 Å². The molecule has 13 heavy (non-hydrogen) atoms. The molecule has 1 aromatic carbocycles. The fraction of sp³-hybridized carbons (Fsp3) is 0.200. The van der Waals surface area contributed by atoms with Crippen LogP contribution in [-0.4, -0.2) is 7.05 Å². The van der Waals surface area contributed by atoms with Crippen LogP contribution in [0.3, 0.4) is 0 Å². The summed E-state index contributed by atoms with van der Waals surface area (Å²) in [4.78, 5) is 0. The average Bonchev–Trinajstić information content (AvgIpc) is 2.09. The fourth-order valence-electron chi connectivity index (χ4n) is 1.01. The van der Waals surface area contributed by atoms with E-state index in [9.17, 15) is 4.39 Å². The summed E-state index contributed by atoms with van der Waals surface area (Å²) < 4.78 is 13.0. The third-order valence-electron chi connectivity index (χ3n) is 1.74. The van der Waals surface area contributed by atoms with Crippen LogP contribution in [-0.2, 0) is 0 Å². The zero-order valence-corrected chi connectivity index (χ0v) is 8.32. The van der Waals surface area contributed by atoms with Gasteiger partial charge in [-0.3, -0.25) is 0 Å². The Morgan fingerprint density at radius 3 is 2.77 bits per heavy atom. The molecule has 70 valence electrons. The number of halogens is 2. The van der Waals surface area contributed by atoms with Gasteiger partial charge in [0.05, 0.1) is 5.02 Å². The first-order valence-corrected chi connectivity index (χ1v) is 4.32.